The fourth-order valence-corrected chi connectivity index (χ4v) is 3.53. The molecule has 0 bridgehead atoms. The highest BCUT2D eigenvalue weighted by Gasteiger charge is 2.44. The van der Waals surface area contributed by atoms with Crippen LogP contribution in [0.4, 0.5) is 5.69 Å². The molecule has 1 spiro atoms. The molecule has 2 aliphatic rings. The summed E-state index contributed by atoms with van der Waals surface area (Å²) in [6.07, 6.45) is 2.43. The Morgan fingerprint density at radius 2 is 2.25 bits per heavy atom. The van der Waals surface area contributed by atoms with Gasteiger partial charge in [-0.05, 0) is 25.0 Å². The standard InChI is InChI=1S/C19H28N2O3/c1-3-16-12-21(13-19(24-16)9-11-23-14-19)18(22)8-10-20-17-7-5-4-6-15(17)2/h4-7,16,20H,3,8-14H2,1-2H3. The minimum atomic E-state index is -0.280. The smallest absolute Gasteiger partial charge is 0.224 e. The van der Waals surface area contributed by atoms with Crippen molar-refractivity contribution in [1.82, 2.24) is 4.90 Å². The van der Waals surface area contributed by atoms with Gasteiger partial charge in [0.1, 0.15) is 5.60 Å². The van der Waals surface area contributed by atoms with E-state index in [1.165, 1.54) is 5.56 Å². The maximum absolute atomic E-state index is 12.7. The van der Waals surface area contributed by atoms with Gasteiger partial charge in [0.25, 0.3) is 0 Å². The van der Waals surface area contributed by atoms with Gasteiger partial charge in [0, 0.05) is 38.2 Å². The molecule has 5 heteroatoms. The number of rotatable bonds is 5. The minimum Gasteiger partial charge on any atom is -0.384 e. The molecule has 2 fully saturated rings. The maximum Gasteiger partial charge on any atom is 0.224 e. The van der Waals surface area contributed by atoms with E-state index in [4.69, 9.17) is 9.47 Å². The van der Waals surface area contributed by atoms with Crippen LogP contribution in [-0.2, 0) is 14.3 Å². The van der Waals surface area contributed by atoms with Crippen LogP contribution in [0, 0.1) is 6.92 Å². The molecular weight excluding hydrogens is 304 g/mol. The van der Waals surface area contributed by atoms with Crippen LogP contribution in [-0.4, -0.2) is 55.4 Å². The number of amides is 1. The molecule has 1 amide bonds. The van der Waals surface area contributed by atoms with E-state index in [9.17, 15) is 4.79 Å². The zero-order valence-electron chi connectivity index (χ0n) is 14.7. The fraction of sp³-hybridized carbons (Fsp3) is 0.632. The van der Waals surface area contributed by atoms with Gasteiger partial charge in [-0.3, -0.25) is 4.79 Å². The van der Waals surface area contributed by atoms with Crippen LogP contribution in [0.2, 0.25) is 0 Å². The van der Waals surface area contributed by atoms with Crippen LogP contribution in [0.5, 0.6) is 0 Å². The molecular formula is C19H28N2O3. The van der Waals surface area contributed by atoms with Gasteiger partial charge in [0.2, 0.25) is 5.91 Å². The molecule has 1 aromatic carbocycles. The minimum absolute atomic E-state index is 0.119. The Morgan fingerprint density at radius 1 is 1.42 bits per heavy atom. The third kappa shape index (κ3) is 3.90. The summed E-state index contributed by atoms with van der Waals surface area (Å²) in [5, 5.41) is 3.37. The third-order valence-electron chi connectivity index (χ3n) is 4.99. The van der Waals surface area contributed by atoms with Gasteiger partial charge in [-0.15, -0.1) is 0 Å². The Kier molecular flexibility index (Phi) is 5.41. The van der Waals surface area contributed by atoms with Crippen molar-refractivity contribution in [3.05, 3.63) is 29.8 Å². The molecule has 2 aliphatic heterocycles. The number of carbonyl (C=O) groups is 1. The first-order chi connectivity index (χ1) is 11.6. The van der Waals surface area contributed by atoms with E-state index in [1.807, 2.05) is 23.1 Å². The van der Waals surface area contributed by atoms with E-state index in [1.54, 1.807) is 0 Å². The van der Waals surface area contributed by atoms with Crippen molar-refractivity contribution in [1.29, 1.82) is 0 Å². The number of benzene rings is 1. The van der Waals surface area contributed by atoms with E-state index in [-0.39, 0.29) is 17.6 Å². The van der Waals surface area contributed by atoms with Crippen molar-refractivity contribution in [2.24, 2.45) is 0 Å². The number of aryl methyl sites for hydroxylation is 1. The molecule has 3 rings (SSSR count). The molecule has 0 aliphatic carbocycles. The summed E-state index contributed by atoms with van der Waals surface area (Å²) in [6.45, 7) is 7.53. The number of nitrogens with one attached hydrogen (secondary N) is 1. The third-order valence-corrected chi connectivity index (χ3v) is 4.99. The first-order valence-electron chi connectivity index (χ1n) is 8.95. The second-order valence-corrected chi connectivity index (χ2v) is 6.90. The average molecular weight is 332 g/mol. The number of anilines is 1. The van der Waals surface area contributed by atoms with Gasteiger partial charge in [0.15, 0.2) is 0 Å². The van der Waals surface area contributed by atoms with Crippen molar-refractivity contribution in [2.45, 2.75) is 44.8 Å². The maximum atomic E-state index is 12.7. The van der Waals surface area contributed by atoms with Gasteiger partial charge in [-0.2, -0.15) is 0 Å². The van der Waals surface area contributed by atoms with E-state index < -0.39 is 0 Å². The normalized spacial score (nSPS) is 26.8. The lowest BCUT2D eigenvalue weighted by Gasteiger charge is -2.43. The summed E-state index contributed by atoms with van der Waals surface area (Å²) in [5.74, 6) is 0.198. The quantitative estimate of drug-likeness (QED) is 0.900. The molecule has 2 atom stereocenters. The summed E-state index contributed by atoms with van der Waals surface area (Å²) in [7, 11) is 0. The van der Waals surface area contributed by atoms with Crippen LogP contribution in [0.1, 0.15) is 31.7 Å². The zero-order valence-corrected chi connectivity index (χ0v) is 14.7. The molecule has 2 unspecified atom stereocenters. The summed E-state index contributed by atoms with van der Waals surface area (Å²) < 4.78 is 11.8. The second kappa shape index (κ2) is 7.53. The highest BCUT2D eigenvalue weighted by Crippen LogP contribution is 2.31. The molecule has 132 valence electrons. The van der Waals surface area contributed by atoms with E-state index in [0.717, 1.165) is 25.1 Å². The molecule has 1 aromatic rings. The van der Waals surface area contributed by atoms with Gasteiger partial charge in [-0.1, -0.05) is 25.1 Å². The number of carbonyl (C=O) groups excluding carboxylic acids is 1. The first-order valence-corrected chi connectivity index (χ1v) is 8.95. The zero-order chi connectivity index (χ0) is 17.0. The number of hydrogen-bond acceptors (Lipinski definition) is 4. The molecule has 2 saturated heterocycles. The Bertz CT molecular complexity index is 569. The predicted molar refractivity (Wildman–Crippen MR) is 94.2 cm³/mol. The average Bonchev–Trinajstić information content (AvgIpc) is 3.03. The predicted octanol–water partition coefficient (Wildman–Crippen LogP) is 2.59. The highest BCUT2D eigenvalue weighted by atomic mass is 16.6. The van der Waals surface area contributed by atoms with E-state index >= 15 is 0 Å². The van der Waals surface area contributed by atoms with E-state index in [2.05, 4.69) is 25.2 Å². The van der Waals surface area contributed by atoms with Crippen molar-refractivity contribution in [3.8, 4) is 0 Å². The Morgan fingerprint density at radius 3 is 2.96 bits per heavy atom. The Balaban J connectivity index is 1.54. The van der Waals surface area contributed by atoms with Crippen LogP contribution < -0.4 is 5.32 Å². The summed E-state index contributed by atoms with van der Waals surface area (Å²) in [5.41, 5.74) is 2.02. The molecule has 0 saturated carbocycles. The lowest BCUT2D eigenvalue weighted by Crippen LogP contribution is -2.57. The molecule has 2 heterocycles. The van der Waals surface area contributed by atoms with Gasteiger partial charge in [-0.25, -0.2) is 0 Å². The van der Waals surface area contributed by atoms with Crippen LogP contribution in [0.3, 0.4) is 0 Å². The highest BCUT2D eigenvalue weighted by molar-refractivity contribution is 5.77. The van der Waals surface area contributed by atoms with E-state index in [0.29, 0.717) is 32.7 Å². The topological polar surface area (TPSA) is 50.8 Å². The lowest BCUT2D eigenvalue weighted by molar-refractivity contribution is -0.170. The molecule has 0 radical (unpaired) electrons. The molecule has 24 heavy (non-hydrogen) atoms. The first kappa shape index (κ1) is 17.2. The van der Waals surface area contributed by atoms with Crippen molar-refractivity contribution < 1.29 is 14.3 Å². The largest absolute Gasteiger partial charge is 0.384 e. The summed E-state index contributed by atoms with van der Waals surface area (Å²) in [6, 6.07) is 8.15. The van der Waals surface area contributed by atoms with Crippen LogP contribution in [0.25, 0.3) is 0 Å². The van der Waals surface area contributed by atoms with Crippen LogP contribution in [0.15, 0.2) is 24.3 Å². The second-order valence-electron chi connectivity index (χ2n) is 6.90. The summed E-state index contributed by atoms with van der Waals surface area (Å²) >= 11 is 0. The van der Waals surface area contributed by atoms with Gasteiger partial charge >= 0.3 is 0 Å². The number of morpholine rings is 1. The Hall–Kier alpha value is -1.59. The van der Waals surface area contributed by atoms with Crippen molar-refractivity contribution in [2.75, 3.05) is 38.2 Å². The fourth-order valence-electron chi connectivity index (χ4n) is 3.53. The number of ether oxygens (including phenoxy) is 2. The lowest BCUT2D eigenvalue weighted by atomic mass is 9.98. The van der Waals surface area contributed by atoms with Crippen LogP contribution >= 0.6 is 0 Å². The molecule has 5 nitrogen and oxygen atoms in total. The number of para-hydroxylation sites is 1. The number of nitrogens with zero attached hydrogens (tertiary/aromatic N) is 1. The van der Waals surface area contributed by atoms with Gasteiger partial charge in [0.05, 0.1) is 19.3 Å². The Labute approximate surface area is 144 Å². The molecule has 1 N–H and O–H groups in total. The number of hydrogen-bond donors (Lipinski definition) is 1. The van der Waals surface area contributed by atoms with Crippen molar-refractivity contribution >= 4 is 11.6 Å². The van der Waals surface area contributed by atoms with Crippen molar-refractivity contribution in [3.63, 3.8) is 0 Å². The van der Waals surface area contributed by atoms with Gasteiger partial charge < -0.3 is 19.7 Å². The monoisotopic (exact) mass is 332 g/mol. The summed E-state index contributed by atoms with van der Waals surface area (Å²) in [4.78, 5) is 14.6. The molecule has 0 aromatic heterocycles. The SMILES string of the molecule is CCC1CN(C(=O)CCNc2ccccc2C)CC2(CCOC2)O1.